The van der Waals surface area contributed by atoms with Crippen LogP contribution in [-0.2, 0) is 6.54 Å². The van der Waals surface area contributed by atoms with Gasteiger partial charge in [-0.3, -0.25) is 0 Å². The maximum atomic E-state index is 12.8. The molecule has 19 heavy (non-hydrogen) atoms. The van der Waals surface area contributed by atoms with Gasteiger partial charge in [0.1, 0.15) is 6.54 Å². The van der Waals surface area contributed by atoms with Gasteiger partial charge >= 0.3 is 5.91 Å². The molecule has 0 saturated carbocycles. The number of hydrogen-bond donors (Lipinski definition) is 0. The Labute approximate surface area is 118 Å². The van der Waals surface area contributed by atoms with E-state index in [9.17, 15) is 10.0 Å². The summed E-state index contributed by atoms with van der Waals surface area (Å²) in [5.74, 6) is -0.510. The first-order chi connectivity index (χ1) is 9.06. The molecule has 7 heteroatoms. The highest BCUT2D eigenvalue weighted by Crippen LogP contribution is 2.43. The Morgan fingerprint density at radius 1 is 1.47 bits per heavy atom. The fraction of sp³-hybridized carbons (Fsp3) is 0.167. The highest BCUT2D eigenvalue weighted by Gasteiger charge is 2.43. The molecule has 1 amide bonds. The normalized spacial score (nSPS) is 21.5. The Balaban J connectivity index is 2.08. The molecule has 1 aromatic carbocycles. The van der Waals surface area contributed by atoms with Gasteiger partial charge in [0.15, 0.2) is 5.15 Å². The van der Waals surface area contributed by atoms with Gasteiger partial charge in [-0.05, 0) is 17.4 Å². The SMILES string of the molecule is COc1sc([N+]2([O-])Cc3ccccc3C2=O)nc1Cl. The van der Waals surface area contributed by atoms with Crippen molar-refractivity contribution in [2.24, 2.45) is 0 Å². The lowest BCUT2D eigenvalue weighted by molar-refractivity contribution is 0.0846. The minimum absolute atomic E-state index is 0.0437. The standard InChI is InChI=1S/C12H9ClN2O3S/c1-18-11-9(13)14-12(19-11)15(17)6-7-4-2-3-5-8(7)10(15)16/h2-5H,6H2,1H3. The van der Waals surface area contributed by atoms with Crippen LogP contribution in [0.4, 0.5) is 5.13 Å². The van der Waals surface area contributed by atoms with Crippen molar-refractivity contribution in [3.63, 3.8) is 0 Å². The molecular weight excluding hydrogens is 288 g/mol. The minimum Gasteiger partial charge on any atom is -0.617 e. The second-order valence-corrected chi connectivity index (χ2v) is 5.44. The van der Waals surface area contributed by atoms with Crippen molar-refractivity contribution in [1.82, 2.24) is 9.63 Å². The van der Waals surface area contributed by atoms with E-state index >= 15 is 0 Å². The van der Waals surface area contributed by atoms with Crippen molar-refractivity contribution in [2.45, 2.75) is 6.54 Å². The summed E-state index contributed by atoms with van der Waals surface area (Å²) in [6, 6.07) is 6.97. The van der Waals surface area contributed by atoms with Gasteiger partial charge in [0, 0.05) is 5.56 Å². The van der Waals surface area contributed by atoms with E-state index in [1.54, 1.807) is 24.3 Å². The largest absolute Gasteiger partial charge is 0.617 e. The van der Waals surface area contributed by atoms with Gasteiger partial charge in [-0.15, -0.1) is 0 Å². The number of thiazole rings is 1. The van der Waals surface area contributed by atoms with Gasteiger partial charge < -0.3 is 9.94 Å². The third-order valence-corrected chi connectivity index (χ3v) is 4.49. The molecule has 0 N–H and O–H groups in total. The van der Waals surface area contributed by atoms with Crippen molar-refractivity contribution in [3.05, 3.63) is 45.8 Å². The number of carbonyl (C=O) groups excluding carboxylic acids is 1. The van der Waals surface area contributed by atoms with E-state index in [2.05, 4.69) is 4.98 Å². The first kappa shape index (κ1) is 12.6. The van der Waals surface area contributed by atoms with Gasteiger partial charge in [-0.1, -0.05) is 29.8 Å². The second kappa shape index (κ2) is 4.28. The molecule has 1 aliphatic heterocycles. The van der Waals surface area contributed by atoms with Crippen LogP contribution < -0.4 is 9.38 Å². The molecule has 1 aliphatic rings. The first-order valence-corrected chi connectivity index (χ1v) is 6.68. The van der Waals surface area contributed by atoms with Gasteiger partial charge in [0.25, 0.3) is 5.13 Å². The van der Waals surface area contributed by atoms with Gasteiger partial charge in [-0.25, -0.2) is 9.44 Å². The summed E-state index contributed by atoms with van der Waals surface area (Å²) in [4.78, 5) is 16.2. The number of halogens is 1. The number of rotatable bonds is 2. The zero-order valence-corrected chi connectivity index (χ0v) is 11.5. The summed E-state index contributed by atoms with van der Waals surface area (Å²) in [6.45, 7) is 0.0437. The number of benzene rings is 1. The fourth-order valence-electron chi connectivity index (χ4n) is 2.09. The number of amides is 1. The van der Waals surface area contributed by atoms with E-state index in [4.69, 9.17) is 16.3 Å². The Kier molecular flexibility index (Phi) is 2.83. The topological polar surface area (TPSA) is 62.2 Å². The smallest absolute Gasteiger partial charge is 0.353 e. The van der Waals surface area contributed by atoms with Gasteiger partial charge in [0.2, 0.25) is 5.06 Å². The van der Waals surface area contributed by atoms with E-state index in [0.717, 1.165) is 16.9 Å². The zero-order chi connectivity index (χ0) is 13.6. The quantitative estimate of drug-likeness (QED) is 0.631. The first-order valence-electron chi connectivity index (χ1n) is 5.49. The monoisotopic (exact) mass is 296 g/mol. The number of methoxy groups -OCH3 is 1. The summed E-state index contributed by atoms with van der Waals surface area (Å²) < 4.78 is 3.87. The van der Waals surface area contributed by atoms with Crippen LogP contribution in [0.15, 0.2) is 24.3 Å². The van der Waals surface area contributed by atoms with E-state index in [-0.39, 0.29) is 16.8 Å². The summed E-state index contributed by atoms with van der Waals surface area (Å²) >= 11 is 6.86. The van der Waals surface area contributed by atoms with Crippen LogP contribution in [0.2, 0.25) is 5.15 Å². The van der Waals surface area contributed by atoms with Crippen molar-refractivity contribution >= 4 is 34.0 Å². The minimum atomic E-state index is -1.13. The maximum absolute atomic E-state index is 12.8. The number of ether oxygens (including phenoxy) is 1. The Hall–Kier alpha value is -1.47. The average Bonchev–Trinajstić information content (AvgIpc) is 2.91. The lowest BCUT2D eigenvalue weighted by atomic mass is 10.1. The highest BCUT2D eigenvalue weighted by molar-refractivity contribution is 7.17. The number of fused-ring (bicyclic) bond motifs is 1. The molecule has 0 fully saturated rings. The maximum Gasteiger partial charge on any atom is 0.353 e. The predicted molar refractivity (Wildman–Crippen MR) is 73.3 cm³/mol. The number of hydroxylamine groups is 2. The molecule has 1 atom stereocenters. The summed E-state index contributed by atoms with van der Waals surface area (Å²) in [5, 5.41) is 13.3. The van der Waals surface area contributed by atoms with Gasteiger partial charge in [-0.2, -0.15) is 4.98 Å². The number of hydrogen-bond acceptors (Lipinski definition) is 5. The van der Waals surface area contributed by atoms with Crippen molar-refractivity contribution in [1.29, 1.82) is 0 Å². The molecule has 0 bridgehead atoms. The third-order valence-electron chi connectivity index (χ3n) is 3.01. The van der Waals surface area contributed by atoms with E-state index in [1.807, 2.05) is 0 Å². The molecule has 2 aromatic rings. The van der Waals surface area contributed by atoms with E-state index < -0.39 is 10.6 Å². The molecule has 1 aromatic heterocycles. The molecule has 0 saturated heterocycles. The Morgan fingerprint density at radius 3 is 2.84 bits per heavy atom. The van der Waals surface area contributed by atoms with E-state index in [0.29, 0.717) is 10.6 Å². The van der Waals surface area contributed by atoms with Crippen molar-refractivity contribution < 1.29 is 9.53 Å². The van der Waals surface area contributed by atoms with Crippen LogP contribution in [-0.4, -0.2) is 18.0 Å². The molecule has 5 nitrogen and oxygen atoms in total. The summed E-state index contributed by atoms with van der Waals surface area (Å²) in [6.07, 6.45) is 0. The molecule has 0 aliphatic carbocycles. The second-order valence-electron chi connectivity index (χ2n) is 4.14. The molecular formula is C12H9ClN2O3S. The number of carbonyl (C=O) groups is 1. The summed E-state index contributed by atoms with van der Waals surface area (Å²) in [5.41, 5.74) is 1.18. The molecule has 3 rings (SSSR count). The van der Waals surface area contributed by atoms with Crippen LogP contribution in [0, 0.1) is 5.21 Å². The fourth-order valence-corrected chi connectivity index (χ4v) is 3.22. The number of aromatic nitrogens is 1. The molecule has 0 spiro atoms. The summed E-state index contributed by atoms with van der Waals surface area (Å²) in [7, 11) is 1.44. The zero-order valence-electron chi connectivity index (χ0n) is 9.92. The van der Waals surface area contributed by atoms with Crippen LogP contribution in [0.25, 0.3) is 0 Å². The molecule has 0 radical (unpaired) electrons. The molecule has 98 valence electrons. The lowest BCUT2D eigenvalue weighted by Crippen LogP contribution is -2.43. The third kappa shape index (κ3) is 1.76. The molecule has 1 unspecified atom stereocenters. The lowest BCUT2D eigenvalue weighted by Gasteiger charge is -2.31. The molecule has 2 heterocycles. The van der Waals surface area contributed by atoms with Crippen molar-refractivity contribution in [3.8, 4) is 5.06 Å². The average molecular weight is 297 g/mol. The number of quaternary nitrogens is 1. The number of nitrogens with zero attached hydrogens (tertiary/aromatic N) is 2. The van der Waals surface area contributed by atoms with Crippen LogP contribution in [0.3, 0.4) is 0 Å². The van der Waals surface area contributed by atoms with E-state index in [1.165, 1.54) is 7.11 Å². The van der Waals surface area contributed by atoms with Crippen LogP contribution in [0.5, 0.6) is 5.06 Å². The predicted octanol–water partition coefficient (Wildman–Crippen LogP) is 2.96. The highest BCUT2D eigenvalue weighted by atomic mass is 35.5. The Morgan fingerprint density at radius 2 is 2.21 bits per heavy atom. The van der Waals surface area contributed by atoms with Crippen molar-refractivity contribution in [2.75, 3.05) is 7.11 Å². The van der Waals surface area contributed by atoms with Crippen LogP contribution in [0.1, 0.15) is 15.9 Å². The van der Waals surface area contributed by atoms with Crippen LogP contribution >= 0.6 is 22.9 Å². The van der Waals surface area contributed by atoms with Gasteiger partial charge in [0.05, 0.1) is 12.7 Å². The Bertz CT molecular complexity index is 673.